The molecule has 2 aliphatic rings. The molecule has 4 heteroatoms. The third kappa shape index (κ3) is 7.32. The summed E-state index contributed by atoms with van der Waals surface area (Å²) in [5.74, 6) is 0.905. The zero-order valence-electron chi connectivity index (χ0n) is 40.8. The van der Waals surface area contributed by atoms with Crippen LogP contribution in [0, 0.1) is 6.92 Å². The molecule has 0 unspecified atom stereocenters. The van der Waals surface area contributed by atoms with E-state index in [-0.39, 0.29) is 33.8 Å². The summed E-state index contributed by atoms with van der Waals surface area (Å²) >= 11 is 0. The zero-order chi connectivity index (χ0) is 45.3. The summed E-state index contributed by atoms with van der Waals surface area (Å²) in [6.45, 7) is 36.7. The Bertz CT molecular complexity index is 2910. The van der Waals surface area contributed by atoms with Crippen LogP contribution in [0.5, 0.6) is 0 Å². The quantitative estimate of drug-likeness (QED) is 0.165. The summed E-state index contributed by atoms with van der Waals surface area (Å²) in [5, 5.41) is 1.17. The van der Waals surface area contributed by atoms with Crippen molar-refractivity contribution < 1.29 is 4.42 Å². The Balaban J connectivity index is 1.39. The fourth-order valence-electron chi connectivity index (χ4n) is 9.79. The molecule has 0 amide bonds. The maximum atomic E-state index is 7.26. The number of anilines is 6. The van der Waals surface area contributed by atoms with Gasteiger partial charge in [0.05, 0.1) is 5.69 Å². The minimum absolute atomic E-state index is 0.0220. The van der Waals surface area contributed by atoms with Gasteiger partial charge in [-0.25, -0.2) is 0 Å². The summed E-state index contributed by atoms with van der Waals surface area (Å²) in [4.78, 5) is 5.03. The molecule has 63 heavy (non-hydrogen) atoms. The lowest BCUT2D eigenvalue weighted by atomic mass is 9.33. The first kappa shape index (κ1) is 42.8. The van der Waals surface area contributed by atoms with Crippen molar-refractivity contribution in [3.05, 3.63) is 149 Å². The van der Waals surface area contributed by atoms with Crippen LogP contribution in [0.25, 0.3) is 22.1 Å². The van der Waals surface area contributed by atoms with E-state index in [9.17, 15) is 0 Å². The molecule has 322 valence electrons. The zero-order valence-corrected chi connectivity index (χ0v) is 40.8. The topological polar surface area (TPSA) is 19.6 Å². The standard InChI is InChI=1S/C59H67BN2O/c1-36-31-49-53-50(32-36)62(47-30-25-40(57(8,9)10)33-45(47)37-17-19-38(20-18-37)55(2,3)4)48-34-41(58(11,12)13)24-29-46(48)60(53)52-44-28-23-42(59(14,15)16)35-51(44)63-54(52)61(49)43-26-21-39(22-27-43)56(5,6)7/h17-35H,1-16H3. The number of hydrogen-bond acceptors (Lipinski definition) is 3. The Hall–Kier alpha value is -5.48. The van der Waals surface area contributed by atoms with E-state index in [1.54, 1.807) is 0 Å². The van der Waals surface area contributed by atoms with Crippen molar-refractivity contribution in [1.82, 2.24) is 0 Å². The smallest absolute Gasteiger partial charge is 0.257 e. The minimum Gasteiger partial charge on any atom is -0.440 e. The van der Waals surface area contributed by atoms with E-state index >= 15 is 0 Å². The number of furan rings is 1. The van der Waals surface area contributed by atoms with Gasteiger partial charge in [-0.15, -0.1) is 0 Å². The average molecular weight is 831 g/mol. The van der Waals surface area contributed by atoms with Crippen LogP contribution in [0.4, 0.5) is 34.3 Å². The molecule has 3 heterocycles. The van der Waals surface area contributed by atoms with E-state index in [0.29, 0.717) is 0 Å². The van der Waals surface area contributed by atoms with Gasteiger partial charge in [0.1, 0.15) is 5.58 Å². The van der Waals surface area contributed by atoms with Crippen molar-refractivity contribution in [1.29, 1.82) is 0 Å². The Labute approximate surface area is 378 Å². The highest BCUT2D eigenvalue weighted by atomic mass is 16.4. The van der Waals surface area contributed by atoms with Gasteiger partial charge in [-0.3, -0.25) is 4.90 Å². The number of rotatable bonds is 3. The van der Waals surface area contributed by atoms with Gasteiger partial charge in [0.25, 0.3) is 6.71 Å². The van der Waals surface area contributed by atoms with E-state index in [1.165, 1.54) is 89.0 Å². The number of hydrogen-bond donors (Lipinski definition) is 0. The minimum atomic E-state index is -0.0557. The molecule has 0 aliphatic carbocycles. The van der Waals surface area contributed by atoms with Crippen molar-refractivity contribution >= 4 is 68.4 Å². The maximum Gasteiger partial charge on any atom is 0.257 e. The van der Waals surface area contributed by atoms with E-state index in [2.05, 4.69) is 236 Å². The lowest BCUT2D eigenvalue weighted by molar-refractivity contribution is 0.584. The predicted octanol–water partition coefficient (Wildman–Crippen LogP) is 15.0. The SMILES string of the molecule is Cc1cc2c3c(c1)N(c1ccc(C(C)(C)C)cc1)c1oc4cc(C(C)(C)C)ccc4c1B3c1ccc(C(C)(C)C)cc1N2c1ccc(C(C)(C)C)cc1-c1ccc(C(C)(C)C)cc1. The van der Waals surface area contributed by atoms with Crippen LogP contribution in [0.15, 0.2) is 120 Å². The molecule has 0 saturated heterocycles. The molecule has 3 nitrogen and oxygen atoms in total. The first-order valence-corrected chi connectivity index (χ1v) is 23.1. The number of benzene rings is 6. The van der Waals surface area contributed by atoms with Crippen LogP contribution in [0.2, 0.25) is 0 Å². The Morgan fingerprint density at radius 3 is 1.46 bits per heavy atom. The van der Waals surface area contributed by atoms with Crippen LogP contribution in [-0.2, 0) is 27.1 Å². The molecule has 2 aliphatic heterocycles. The molecule has 0 atom stereocenters. The van der Waals surface area contributed by atoms with Crippen molar-refractivity contribution in [2.75, 3.05) is 9.80 Å². The molecule has 0 saturated carbocycles. The second-order valence-corrected chi connectivity index (χ2v) is 23.7. The first-order chi connectivity index (χ1) is 29.3. The van der Waals surface area contributed by atoms with Gasteiger partial charge in [0.2, 0.25) is 5.88 Å². The Morgan fingerprint density at radius 1 is 0.413 bits per heavy atom. The van der Waals surface area contributed by atoms with Crippen LogP contribution in [-0.4, -0.2) is 6.71 Å². The number of fused-ring (bicyclic) bond motifs is 6. The molecule has 0 fully saturated rings. The van der Waals surface area contributed by atoms with Gasteiger partial charge in [0, 0.05) is 39.2 Å². The molecule has 0 bridgehead atoms. The van der Waals surface area contributed by atoms with Crippen molar-refractivity contribution in [3.63, 3.8) is 0 Å². The predicted molar refractivity (Wildman–Crippen MR) is 274 cm³/mol. The first-order valence-electron chi connectivity index (χ1n) is 23.1. The van der Waals surface area contributed by atoms with Crippen molar-refractivity contribution in [2.45, 2.75) is 138 Å². The molecule has 9 rings (SSSR count). The summed E-state index contributed by atoms with van der Waals surface area (Å²) in [7, 11) is 0. The Morgan fingerprint density at radius 2 is 0.889 bits per heavy atom. The van der Waals surface area contributed by atoms with E-state index in [1.807, 2.05) is 0 Å². The fraction of sp³-hybridized carbons (Fsp3) is 0.356. The number of aryl methyl sites for hydroxylation is 1. The van der Waals surface area contributed by atoms with Gasteiger partial charge in [-0.05, 0) is 132 Å². The molecule has 0 spiro atoms. The molecular weight excluding hydrogens is 763 g/mol. The second-order valence-electron chi connectivity index (χ2n) is 23.7. The highest BCUT2D eigenvalue weighted by Crippen LogP contribution is 2.50. The lowest BCUT2D eigenvalue weighted by Gasteiger charge is -2.43. The third-order valence-corrected chi connectivity index (χ3v) is 13.7. The molecule has 0 radical (unpaired) electrons. The number of nitrogens with zero attached hydrogens (tertiary/aromatic N) is 2. The van der Waals surface area contributed by atoms with Crippen LogP contribution in [0.3, 0.4) is 0 Å². The monoisotopic (exact) mass is 831 g/mol. The normalized spacial score (nSPS) is 14.3. The van der Waals surface area contributed by atoms with Crippen LogP contribution < -0.4 is 26.2 Å². The van der Waals surface area contributed by atoms with E-state index < -0.39 is 0 Å². The van der Waals surface area contributed by atoms with Gasteiger partial charge >= 0.3 is 0 Å². The average Bonchev–Trinajstić information content (AvgIpc) is 3.57. The van der Waals surface area contributed by atoms with E-state index in [0.717, 1.165) is 17.2 Å². The maximum absolute atomic E-state index is 7.26. The lowest BCUT2D eigenvalue weighted by Crippen LogP contribution is -2.61. The summed E-state index contributed by atoms with van der Waals surface area (Å²) in [5.41, 5.74) is 20.8. The summed E-state index contributed by atoms with van der Waals surface area (Å²) in [6.07, 6.45) is 0. The molecule has 7 aromatic rings. The van der Waals surface area contributed by atoms with Gasteiger partial charge in [0.15, 0.2) is 0 Å². The molecule has 0 N–H and O–H groups in total. The fourth-order valence-corrected chi connectivity index (χ4v) is 9.79. The van der Waals surface area contributed by atoms with Crippen molar-refractivity contribution in [2.24, 2.45) is 0 Å². The van der Waals surface area contributed by atoms with E-state index in [4.69, 9.17) is 4.42 Å². The van der Waals surface area contributed by atoms with Crippen LogP contribution in [0.1, 0.15) is 137 Å². The van der Waals surface area contributed by atoms with Gasteiger partial charge in [-0.1, -0.05) is 171 Å². The summed E-state index contributed by atoms with van der Waals surface area (Å²) < 4.78 is 7.26. The van der Waals surface area contributed by atoms with Gasteiger partial charge in [-0.2, -0.15) is 0 Å². The Kier molecular flexibility index (Phi) is 9.69. The highest BCUT2D eigenvalue weighted by molar-refractivity contribution is 7.01. The molecule has 1 aromatic heterocycles. The molecule has 6 aromatic carbocycles. The van der Waals surface area contributed by atoms with Crippen LogP contribution >= 0.6 is 0 Å². The second kappa shape index (κ2) is 14.3. The molecular formula is C59H67BN2O. The highest BCUT2D eigenvalue weighted by Gasteiger charge is 2.47. The van der Waals surface area contributed by atoms with Gasteiger partial charge < -0.3 is 9.32 Å². The largest absolute Gasteiger partial charge is 0.440 e. The summed E-state index contributed by atoms with van der Waals surface area (Å²) in [6, 6.07) is 44.8. The van der Waals surface area contributed by atoms with Crippen molar-refractivity contribution in [3.8, 4) is 11.1 Å². The third-order valence-electron chi connectivity index (χ3n) is 13.7.